The molecule has 0 radical (unpaired) electrons. The fraction of sp³-hybridized carbons (Fsp3) is 0.214. The summed E-state index contributed by atoms with van der Waals surface area (Å²) < 4.78 is 5.62. The maximum absolute atomic E-state index is 5.62. The van der Waals surface area contributed by atoms with Gasteiger partial charge in [0.1, 0.15) is 6.61 Å². The van der Waals surface area contributed by atoms with E-state index >= 15 is 0 Å². The van der Waals surface area contributed by atoms with Crippen molar-refractivity contribution in [2.75, 3.05) is 0 Å². The Morgan fingerprint density at radius 1 is 1.00 bits per heavy atom. The van der Waals surface area contributed by atoms with Crippen molar-refractivity contribution in [2.45, 2.75) is 20.5 Å². The average Bonchev–Trinajstić information content (AvgIpc) is 2.32. The zero-order chi connectivity index (χ0) is 11.4. The van der Waals surface area contributed by atoms with E-state index in [-0.39, 0.29) is 0 Å². The fourth-order valence-electron chi connectivity index (χ4n) is 1.42. The van der Waals surface area contributed by atoms with Gasteiger partial charge < -0.3 is 4.74 Å². The first-order valence-electron chi connectivity index (χ1n) is 5.36. The number of hydrogen-bond acceptors (Lipinski definition) is 2. The summed E-state index contributed by atoms with van der Waals surface area (Å²) in [7, 11) is 0. The molecule has 0 atom stereocenters. The molecule has 0 aliphatic heterocycles. The SMILES string of the molecule is Cc1ccc(OCc2ccccc2)nc1C. The van der Waals surface area contributed by atoms with E-state index in [1.54, 1.807) is 0 Å². The Bertz CT molecular complexity index is 465. The molecule has 0 saturated carbocycles. The van der Waals surface area contributed by atoms with Crippen LogP contribution in [0.3, 0.4) is 0 Å². The first-order chi connectivity index (χ1) is 7.75. The molecule has 2 nitrogen and oxygen atoms in total. The number of hydrogen-bond donors (Lipinski definition) is 0. The Kier molecular flexibility index (Phi) is 3.20. The Labute approximate surface area is 95.9 Å². The first-order valence-corrected chi connectivity index (χ1v) is 5.36. The van der Waals surface area contributed by atoms with Crippen molar-refractivity contribution in [1.82, 2.24) is 4.98 Å². The van der Waals surface area contributed by atoms with Crippen molar-refractivity contribution in [3.63, 3.8) is 0 Å². The predicted octanol–water partition coefficient (Wildman–Crippen LogP) is 3.28. The molecule has 2 heteroatoms. The molecule has 1 heterocycles. The Hall–Kier alpha value is -1.83. The number of ether oxygens (including phenoxy) is 1. The molecule has 1 aromatic heterocycles. The van der Waals surface area contributed by atoms with Gasteiger partial charge in [-0.1, -0.05) is 36.4 Å². The Morgan fingerprint density at radius 3 is 2.44 bits per heavy atom. The fourth-order valence-corrected chi connectivity index (χ4v) is 1.42. The number of aryl methyl sites for hydroxylation is 2. The zero-order valence-electron chi connectivity index (χ0n) is 9.60. The number of rotatable bonds is 3. The standard InChI is InChI=1S/C14H15NO/c1-11-8-9-14(15-12(11)2)16-10-13-6-4-3-5-7-13/h3-9H,10H2,1-2H3. The summed E-state index contributed by atoms with van der Waals surface area (Å²) in [4.78, 5) is 4.37. The quantitative estimate of drug-likeness (QED) is 0.780. The molecule has 0 bridgehead atoms. The van der Waals surface area contributed by atoms with Gasteiger partial charge in [-0.2, -0.15) is 0 Å². The molecule has 0 N–H and O–H groups in total. The van der Waals surface area contributed by atoms with Crippen molar-refractivity contribution in [3.05, 3.63) is 59.3 Å². The third-order valence-electron chi connectivity index (χ3n) is 2.55. The molecule has 2 aromatic rings. The van der Waals surface area contributed by atoms with E-state index in [4.69, 9.17) is 4.74 Å². The molecule has 0 spiro atoms. The maximum atomic E-state index is 5.62. The third kappa shape index (κ3) is 2.60. The van der Waals surface area contributed by atoms with E-state index in [2.05, 4.69) is 4.98 Å². The highest BCUT2D eigenvalue weighted by Gasteiger charge is 1.99. The van der Waals surface area contributed by atoms with Crippen molar-refractivity contribution in [1.29, 1.82) is 0 Å². The van der Waals surface area contributed by atoms with Crippen LogP contribution in [0.5, 0.6) is 5.88 Å². The van der Waals surface area contributed by atoms with Crippen LogP contribution in [0, 0.1) is 13.8 Å². The van der Waals surface area contributed by atoms with E-state index < -0.39 is 0 Å². The average molecular weight is 213 g/mol. The van der Waals surface area contributed by atoms with Crippen LogP contribution in [0.1, 0.15) is 16.8 Å². The second-order valence-corrected chi connectivity index (χ2v) is 3.83. The smallest absolute Gasteiger partial charge is 0.213 e. The van der Waals surface area contributed by atoms with Crippen molar-refractivity contribution in [3.8, 4) is 5.88 Å². The number of pyridine rings is 1. The lowest BCUT2D eigenvalue weighted by atomic mass is 10.2. The van der Waals surface area contributed by atoms with Crippen LogP contribution >= 0.6 is 0 Å². The van der Waals surface area contributed by atoms with Gasteiger partial charge in [-0.15, -0.1) is 0 Å². The monoisotopic (exact) mass is 213 g/mol. The van der Waals surface area contributed by atoms with Crippen LogP contribution in [-0.4, -0.2) is 4.98 Å². The van der Waals surface area contributed by atoms with Crippen LogP contribution in [0.15, 0.2) is 42.5 Å². The number of aromatic nitrogens is 1. The molecule has 82 valence electrons. The van der Waals surface area contributed by atoms with E-state index in [1.165, 1.54) is 5.56 Å². The highest BCUT2D eigenvalue weighted by molar-refractivity contribution is 5.24. The topological polar surface area (TPSA) is 22.1 Å². The highest BCUT2D eigenvalue weighted by atomic mass is 16.5. The Balaban J connectivity index is 2.03. The molecule has 16 heavy (non-hydrogen) atoms. The lowest BCUT2D eigenvalue weighted by Gasteiger charge is -2.07. The molecule has 0 unspecified atom stereocenters. The van der Waals surface area contributed by atoms with E-state index in [0.717, 1.165) is 11.3 Å². The molecule has 0 aliphatic rings. The molecule has 0 amide bonds. The van der Waals surface area contributed by atoms with Crippen LogP contribution in [0.25, 0.3) is 0 Å². The zero-order valence-corrected chi connectivity index (χ0v) is 9.60. The van der Waals surface area contributed by atoms with Crippen LogP contribution in [0.2, 0.25) is 0 Å². The summed E-state index contributed by atoms with van der Waals surface area (Å²) in [6.07, 6.45) is 0. The Morgan fingerprint density at radius 2 is 1.75 bits per heavy atom. The van der Waals surface area contributed by atoms with Gasteiger partial charge in [0, 0.05) is 11.8 Å². The van der Waals surface area contributed by atoms with E-state index in [1.807, 2.05) is 56.3 Å². The predicted molar refractivity (Wildman–Crippen MR) is 64.5 cm³/mol. The third-order valence-corrected chi connectivity index (χ3v) is 2.55. The summed E-state index contributed by atoms with van der Waals surface area (Å²) in [6.45, 7) is 4.60. The summed E-state index contributed by atoms with van der Waals surface area (Å²) >= 11 is 0. The lowest BCUT2D eigenvalue weighted by molar-refractivity contribution is 0.293. The van der Waals surface area contributed by atoms with Gasteiger partial charge >= 0.3 is 0 Å². The number of nitrogens with zero attached hydrogens (tertiary/aromatic N) is 1. The minimum absolute atomic E-state index is 0.566. The molecule has 0 fully saturated rings. The van der Waals surface area contributed by atoms with Gasteiger partial charge in [0.05, 0.1) is 0 Å². The number of benzene rings is 1. The van der Waals surface area contributed by atoms with Crippen molar-refractivity contribution < 1.29 is 4.74 Å². The maximum Gasteiger partial charge on any atom is 0.213 e. The van der Waals surface area contributed by atoms with Gasteiger partial charge in [-0.25, -0.2) is 4.98 Å². The molecular formula is C14H15NO. The van der Waals surface area contributed by atoms with Gasteiger partial charge in [0.2, 0.25) is 5.88 Å². The van der Waals surface area contributed by atoms with Gasteiger partial charge in [-0.3, -0.25) is 0 Å². The highest BCUT2D eigenvalue weighted by Crippen LogP contribution is 2.13. The first kappa shape index (κ1) is 10.7. The second kappa shape index (κ2) is 4.79. The van der Waals surface area contributed by atoms with Gasteiger partial charge in [0.15, 0.2) is 0 Å². The summed E-state index contributed by atoms with van der Waals surface area (Å²) in [5, 5.41) is 0. The normalized spacial score (nSPS) is 10.1. The summed E-state index contributed by atoms with van der Waals surface area (Å²) in [5.41, 5.74) is 3.36. The van der Waals surface area contributed by atoms with Crippen LogP contribution in [-0.2, 0) is 6.61 Å². The largest absolute Gasteiger partial charge is 0.473 e. The molecule has 1 aromatic carbocycles. The minimum Gasteiger partial charge on any atom is -0.473 e. The van der Waals surface area contributed by atoms with Gasteiger partial charge in [0.25, 0.3) is 0 Å². The lowest BCUT2D eigenvalue weighted by Crippen LogP contribution is -1.98. The van der Waals surface area contributed by atoms with Crippen LogP contribution < -0.4 is 4.74 Å². The summed E-state index contributed by atoms with van der Waals surface area (Å²) in [6, 6.07) is 14.0. The molecular weight excluding hydrogens is 198 g/mol. The molecule has 2 rings (SSSR count). The second-order valence-electron chi connectivity index (χ2n) is 3.83. The van der Waals surface area contributed by atoms with Crippen molar-refractivity contribution in [2.24, 2.45) is 0 Å². The molecule has 0 saturated heterocycles. The van der Waals surface area contributed by atoms with Crippen LogP contribution in [0.4, 0.5) is 0 Å². The summed E-state index contributed by atoms with van der Waals surface area (Å²) in [5.74, 6) is 0.687. The van der Waals surface area contributed by atoms with E-state index in [9.17, 15) is 0 Å². The van der Waals surface area contributed by atoms with E-state index in [0.29, 0.717) is 12.5 Å². The molecule has 0 aliphatic carbocycles. The minimum atomic E-state index is 0.566. The van der Waals surface area contributed by atoms with Gasteiger partial charge in [-0.05, 0) is 25.0 Å². The van der Waals surface area contributed by atoms with Crippen molar-refractivity contribution >= 4 is 0 Å².